The standard InChI is InChI=1S/C17H20O.C2H4O/c1-17(2,3)15-12-8-11-14(16(15)18-4)13-9-6-5-7-10-13;1-2-3/h5-12H,1-4H3;2H,1H3. The number of carbonyl (C=O) groups is 1. The second kappa shape index (κ2) is 7.63. The first-order valence-electron chi connectivity index (χ1n) is 7.08. The minimum Gasteiger partial charge on any atom is -0.496 e. The third-order valence-electron chi connectivity index (χ3n) is 3.11. The van der Waals surface area contributed by atoms with Crippen molar-refractivity contribution >= 4 is 6.29 Å². The number of benzene rings is 2. The summed E-state index contributed by atoms with van der Waals surface area (Å²) in [6.45, 7) is 8.07. The van der Waals surface area contributed by atoms with E-state index in [1.165, 1.54) is 18.1 Å². The first-order valence-corrected chi connectivity index (χ1v) is 7.08. The minimum absolute atomic E-state index is 0.0795. The van der Waals surface area contributed by atoms with Crippen molar-refractivity contribution in [2.75, 3.05) is 7.11 Å². The summed E-state index contributed by atoms with van der Waals surface area (Å²) in [6.07, 6.45) is 0.750. The molecule has 0 amide bonds. The summed E-state index contributed by atoms with van der Waals surface area (Å²) in [6, 6.07) is 16.7. The summed E-state index contributed by atoms with van der Waals surface area (Å²) in [5.74, 6) is 0.983. The molecule has 112 valence electrons. The van der Waals surface area contributed by atoms with Gasteiger partial charge in [0.1, 0.15) is 12.0 Å². The van der Waals surface area contributed by atoms with Crippen LogP contribution in [0.2, 0.25) is 0 Å². The molecule has 2 aromatic rings. The van der Waals surface area contributed by atoms with E-state index in [2.05, 4.69) is 63.2 Å². The number of hydrogen-bond donors (Lipinski definition) is 0. The lowest BCUT2D eigenvalue weighted by Crippen LogP contribution is -2.13. The Hall–Kier alpha value is -2.09. The molecule has 0 N–H and O–H groups in total. The predicted molar refractivity (Wildman–Crippen MR) is 88.9 cm³/mol. The number of aldehydes is 1. The molecule has 0 atom stereocenters. The Morgan fingerprint density at radius 3 is 2.00 bits per heavy atom. The van der Waals surface area contributed by atoms with Crippen molar-refractivity contribution in [2.45, 2.75) is 33.1 Å². The molecule has 0 radical (unpaired) electrons. The highest BCUT2D eigenvalue weighted by atomic mass is 16.5. The van der Waals surface area contributed by atoms with Gasteiger partial charge in [0.15, 0.2) is 0 Å². The minimum atomic E-state index is 0.0795. The lowest BCUT2D eigenvalue weighted by atomic mass is 9.84. The molecule has 0 spiro atoms. The third-order valence-corrected chi connectivity index (χ3v) is 3.11. The lowest BCUT2D eigenvalue weighted by molar-refractivity contribution is -0.106. The maximum atomic E-state index is 8.81. The van der Waals surface area contributed by atoms with Crippen LogP contribution in [0.25, 0.3) is 11.1 Å². The van der Waals surface area contributed by atoms with E-state index >= 15 is 0 Å². The lowest BCUT2D eigenvalue weighted by Gasteiger charge is -2.24. The van der Waals surface area contributed by atoms with Crippen LogP contribution in [-0.2, 0) is 10.2 Å². The molecule has 2 rings (SSSR count). The van der Waals surface area contributed by atoms with Gasteiger partial charge >= 0.3 is 0 Å². The molecule has 0 saturated heterocycles. The monoisotopic (exact) mass is 284 g/mol. The number of para-hydroxylation sites is 1. The maximum absolute atomic E-state index is 8.81. The highest BCUT2D eigenvalue weighted by molar-refractivity contribution is 5.72. The zero-order chi connectivity index (χ0) is 15.9. The van der Waals surface area contributed by atoms with Gasteiger partial charge in [0.05, 0.1) is 7.11 Å². The highest BCUT2D eigenvalue weighted by Gasteiger charge is 2.21. The van der Waals surface area contributed by atoms with E-state index in [4.69, 9.17) is 9.53 Å². The van der Waals surface area contributed by atoms with E-state index in [-0.39, 0.29) is 5.41 Å². The average Bonchev–Trinajstić information content (AvgIpc) is 2.47. The van der Waals surface area contributed by atoms with Gasteiger partial charge in [0.2, 0.25) is 0 Å². The molecular weight excluding hydrogens is 260 g/mol. The van der Waals surface area contributed by atoms with Crippen molar-refractivity contribution in [1.29, 1.82) is 0 Å². The summed E-state index contributed by atoms with van der Waals surface area (Å²) in [5.41, 5.74) is 3.67. The zero-order valence-electron chi connectivity index (χ0n) is 13.5. The van der Waals surface area contributed by atoms with Crippen molar-refractivity contribution in [3.8, 4) is 16.9 Å². The second-order valence-corrected chi connectivity index (χ2v) is 5.74. The van der Waals surface area contributed by atoms with Crippen LogP contribution in [0, 0.1) is 0 Å². The maximum Gasteiger partial charge on any atom is 0.130 e. The largest absolute Gasteiger partial charge is 0.496 e. The van der Waals surface area contributed by atoms with Crippen LogP contribution in [0.3, 0.4) is 0 Å². The van der Waals surface area contributed by atoms with Gasteiger partial charge in [-0.15, -0.1) is 0 Å². The van der Waals surface area contributed by atoms with Gasteiger partial charge in [0, 0.05) is 11.1 Å². The molecule has 0 aliphatic heterocycles. The molecule has 0 unspecified atom stereocenters. The molecular formula is C19H24O2. The van der Waals surface area contributed by atoms with Crippen LogP contribution in [-0.4, -0.2) is 13.4 Å². The molecule has 21 heavy (non-hydrogen) atoms. The molecule has 0 bridgehead atoms. The van der Waals surface area contributed by atoms with Crippen LogP contribution in [0.15, 0.2) is 48.5 Å². The first kappa shape index (κ1) is 17.0. The van der Waals surface area contributed by atoms with E-state index in [0.29, 0.717) is 0 Å². The quantitative estimate of drug-likeness (QED) is 0.736. The Labute approximate surface area is 127 Å². The summed E-state index contributed by atoms with van der Waals surface area (Å²) in [7, 11) is 1.75. The van der Waals surface area contributed by atoms with Crippen LogP contribution < -0.4 is 4.74 Å². The topological polar surface area (TPSA) is 26.3 Å². The van der Waals surface area contributed by atoms with E-state index in [0.717, 1.165) is 17.6 Å². The number of hydrogen-bond acceptors (Lipinski definition) is 2. The van der Waals surface area contributed by atoms with Crippen LogP contribution >= 0.6 is 0 Å². The van der Waals surface area contributed by atoms with Crippen LogP contribution in [0.5, 0.6) is 5.75 Å². The predicted octanol–water partition coefficient (Wildman–Crippen LogP) is 4.86. The second-order valence-electron chi connectivity index (χ2n) is 5.74. The number of ether oxygens (including phenoxy) is 1. The van der Waals surface area contributed by atoms with E-state index in [1.54, 1.807) is 7.11 Å². The van der Waals surface area contributed by atoms with E-state index < -0.39 is 0 Å². The SMILES string of the molecule is CC=O.COc1c(-c2ccccc2)cccc1C(C)(C)C. The molecule has 0 aromatic heterocycles. The third kappa shape index (κ3) is 4.45. The Morgan fingerprint density at radius 2 is 1.52 bits per heavy atom. The summed E-state index contributed by atoms with van der Waals surface area (Å²) in [5, 5.41) is 0. The van der Waals surface area contributed by atoms with Gasteiger partial charge in [-0.05, 0) is 17.9 Å². The molecule has 0 aliphatic rings. The molecule has 2 nitrogen and oxygen atoms in total. The van der Waals surface area contributed by atoms with E-state index in [9.17, 15) is 0 Å². The van der Waals surface area contributed by atoms with Crippen molar-refractivity contribution < 1.29 is 9.53 Å². The fraction of sp³-hybridized carbons (Fsp3) is 0.316. The summed E-state index contributed by atoms with van der Waals surface area (Å²) < 4.78 is 5.66. The number of rotatable bonds is 2. The van der Waals surface area contributed by atoms with Crippen LogP contribution in [0.4, 0.5) is 0 Å². The van der Waals surface area contributed by atoms with Crippen molar-refractivity contribution in [3.63, 3.8) is 0 Å². The molecule has 0 saturated carbocycles. The van der Waals surface area contributed by atoms with Gasteiger partial charge in [-0.1, -0.05) is 69.3 Å². The smallest absolute Gasteiger partial charge is 0.130 e. The van der Waals surface area contributed by atoms with Crippen molar-refractivity contribution in [2.24, 2.45) is 0 Å². The van der Waals surface area contributed by atoms with Gasteiger partial charge in [-0.2, -0.15) is 0 Å². The average molecular weight is 284 g/mol. The molecule has 0 aliphatic carbocycles. The molecule has 0 fully saturated rings. The summed E-state index contributed by atoms with van der Waals surface area (Å²) in [4.78, 5) is 8.81. The molecule has 2 heteroatoms. The Morgan fingerprint density at radius 1 is 0.952 bits per heavy atom. The van der Waals surface area contributed by atoms with Crippen molar-refractivity contribution in [1.82, 2.24) is 0 Å². The zero-order valence-corrected chi connectivity index (χ0v) is 13.5. The van der Waals surface area contributed by atoms with E-state index in [1.807, 2.05) is 6.07 Å². The Balaban J connectivity index is 0.000000677. The fourth-order valence-corrected chi connectivity index (χ4v) is 2.19. The number of carbonyl (C=O) groups excluding carboxylic acids is 1. The van der Waals surface area contributed by atoms with Gasteiger partial charge in [-0.25, -0.2) is 0 Å². The van der Waals surface area contributed by atoms with Gasteiger partial charge in [-0.3, -0.25) is 0 Å². The summed E-state index contributed by atoms with van der Waals surface area (Å²) >= 11 is 0. The normalized spacial score (nSPS) is 10.3. The van der Waals surface area contributed by atoms with Gasteiger partial charge < -0.3 is 9.53 Å². The van der Waals surface area contributed by atoms with Crippen molar-refractivity contribution in [3.05, 3.63) is 54.1 Å². The van der Waals surface area contributed by atoms with Gasteiger partial charge in [0.25, 0.3) is 0 Å². The first-order chi connectivity index (χ1) is 9.95. The molecule has 2 aromatic carbocycles. The fourth-order valence-electron chi connectivity index (χ4n) is 2.19. The Bertz CT molecular complexity index is 566. The highest BCUT2D eigenvalue weighted by Crippen LogP contribution is 2.38. The Kier molecular flexibility index (Phi) is 6.16. The van der Waals surface area contributed by atoms with Crippen LogP contribution in [0.1, 0.15) is 33.3 Å². The molecule has 0 heterocycles. The number of methoxy groups -OCH3 is 1.